The van der Waals surface area contributed by atoms with E-state index < -0.39 is 30.1 Å². The van der Waals surface area contributed by atoms with Crippen molar-refractivity contribution in [3.63, 3.8) is 0 Å². The lowest BCUT2D eigenvalue weighted by atomic mass is 9.88. The molecule has 0 aromatic heterocycles. The lowest BCUT2D eigenvalue weighted by molar-refractivity contribution is -0.142. The molecule has 2 atom stereocenters. The number of carboxylic acid groups (broad SMARTS) is 1. The van der Waals surface area contributed by atoms with Crippen molar-refractivity contribution in [2.24, 2.45) is 5.41 Å². The number of nitrogens with one attached hydrogen (secondary N) is 2. The minimum absolute atomic E-state index is 0.00798. The van der Waals surface area contributed by atoms with E-state index in [0.717, 1.165) is 28.7 Å². The van der Waals surface area contributed by atoms with E-state index >= 15 is 0 Å². The number of rotatable bonds is 10. The number of carboxylic acids is 1. The first-order valence-corrected chi connectivity index (χ1v) is 12.2. The van der Waals surface area contributed by atoms with Crippen molar-refractivity contribution in [2.75, 3.05) is 6.61 Å². The number of amides is 2. The van der Waals surface area contributed by atoms with Crippen LogP contribution in [0.3, 0.4) is 0 Å². The van der Waals surface area contributed by atoms with Gasteiger partial charge in [0.1, 0.15) is 12.6 Å². The number of fused-ring (bicyclic) bond motifs is 3. The van der Waals surface area contributed by atoms with Gasteiger partial charge in [-0.05, 0) is 40.5 Å². The average Bonchev–Trinajstić information content (AvgIpc) is 3.10. The zero-order valence-electron chi connectivity index (χ0n) is 21.0. The van der Waals surface area contributed by atoms with Crippen molar-refractivity contribution >= 4 is 18.0 Å². The van der Waals surface area contributed by atoms with Gasteiger partial charge in [-0.1, -0.05) is 82.6 Å². The highest BCUT2D eigenvalue weighted by molar-refractivity contribution is 5.84. The highest BCUT2D eigenvalue weighted by Crippen LogP contribution is 2.44. The molecule has 0 fully saturated rings. The zero-order valence-corrected chi connectivity index (χ0v) is 21.0. The van der Waals surface area contributed by atoms with Crippen LogP contribution in [-0.2, 0) is 14.3 Å². The normalized spacial score (nSPS) is 14.4. The van der Waals surface area contributed by atoms with Crippen LogP contribution in [0.2, 0.25) is 0 Å². The highest BCUT2D eigenvalue weighted by Gasteiger charge is 2.30. The molecule has 3 rings (SSSR count). The van der Waals surface area contributed by atoms with Crippen molar-refractivity contribution in [3.05, 3.63) is 59.7 Å². The van der Waals surface area contributed by atoms with E-state index in [9.17, 15) is 19.5 Å². The van der Waals surface area contributed by atoms with Gasteiger partial charge in [0.05, 0.1) is 0 Å². The summed E-state index contributed by atoms with van der Waals surface area (Å²) in [6.07, 6.45) is 1.06. The third-order valence-corrected chi connectivity index (χ3v) is 6.18. The van der Waals surface area contributed by atoms with E-state index in [4.69, 9.17) is 4.74 Å². The monoisotopic (exact) mass is 480 g/mol. The summed E-state index contributed by atoms with van der Waals surface area (Å²) in [6.45, 7) is 7.93. The molecule has 0 saturated carbocycles. The number of hydrogen-bond acceptors (Lipinski definition) is 4. The van der Waals surface area contributed by atoms with E-state index in [1.807, 2.05) is 52.0 Å². The SMILES string of the molecule is CCCC(CC(=O)NC(CC(C)(C)C)C(=O)O)NC(=O)OCC1c2ccccc2-c2ccccc21. The van der Waals surface area contributed by atoms with Gasteiger partial charge in [-0.15, -0.1) is 0 Å². The summed E-state index contributed by atoms with van der Waals surface area (Å²) in [7, 11) is 0. The van der Waals surface area contributed by atoms with Gasteiger partial charge in [0.25, 0.3) is 0 Å². The van der Waals surface area contributed by atoms with E-state index in [2.05, 4.69) is 34.9 Å². The average molecular weight is 481 g/mol. The Morgan fingerprint density at radius 2 is 1.54 bits per heavy atom. The Bertz CT molecular complexity index is 1010. The van der Waals surface area contributed by atoms with Gasteiger partial charge in [-0.2, -0.15) is 0 Å². The Labute approximate surface area is 207 Å². The predicted molar refractivity (Wildman–Crippen MR) is 135 cm³/mol. The minimum atomic E-state index is -1.06. The predicted octanol–water partition coefficient (Wildman–Crippen LogP) is 5.09. The third-order valence-electron chi connectivity index (χ3n) is 6.18. The quantitative estimate of drug-likeness (QED) is 0.439. The van der Waals surface area contributed by atoms with Crippen molar-refractivity contribution < 1.29 is 24.2 Å². The fourth-order valence-electron chi connectivity index (χ4n) is 4.67. The Morgan fingerprint density at radius 3 is 2.06 bits per heavy atom. The maximum absolute atomic E-state index is 12.6. The van der Waals surface area contributed by atoms with Gasteiger partial charge in [0.2, 0.25) is 5.91 Å². The van der Waals surface area contributed by atoms with E-state index in [1.54, 1.807) is 0 Å². The molecular formula is C28H36N2O5. The molecule has 2 aromatic carbocycles. The molecule has 0 radical (unpaired) electrons. The summed E-state index contributed by atoms with van der Waals surface area (Å²) in [6, 6.07) is 14.8. The van der Waals surface area contributed by atoms with Crippen LogP contribution >= 0.6 is 0 Å². The summed E-state index contributed by atoms with van der Waals surface area (Å²) in [5, 5.41) is 14.9. The molecule has 7 nitrogen and oxygen atoms in total. The van der Waals surface area contributed by atoms with Crippen LogP contribution in [0, 0.1) is 5.41 Å². The summed E-state index contributed by atoms with van der Waals surface area (Å²) in [5.74, 6) is -1.52. The largest absolute Gasteiger partial charge is 0.480 e. The van der Waals surface area contributed by atoms with Crippen LogP contribution < -0.4 is 10.6 Å². The molecule has 1 aliphatic carbocycles. The first-order chi connectivity index (χ1) is 16.6. The Kier molecular flexibility index (Phi) is 8.54. The van der Waals surface area contributed by atoms with E-state index in [0.29, 0.717) is 12.8 Å². The van der Waals surface area contributed by atoms with Gasteiger partial charge in [0.15, 0.2) is 0 Å². The zero-order chi connectivity index (χ0) is 25.6. The molecule has 0 heterocycles. The van der Waals surface area contributed by atoms with Crippen molar-refractivity contribution in [2.45, 2.75) is 71.4 Å². The molecule has 35 heavy (non-hydrogen) atoms. The molecule has 7 heteroatoms. The molecule has 0 bridgehead atoms. The minimum Gasteiger partial charge on any atom is -0.480 e. The number of hydrogen-bond donors (Lipinski definition) is 3. The van der Waals surface area contributed by atoms with Gasteiger partial charge in [-0.25, -0.2) is 9.59 Å². The Morgan fingerprint density at radius 1 is 0.971 bits per heavy atom. The maximum atomic E-state index is 12.6. The standard InChI is InChI=1S/C28H36N2O5/c1-5-10-18(15-25(31)30-24(26(32)33)16-28(2,3)4)29-27(34)35-17-23-21-13-8-6-11-19(21)20-12-7-9-14-22(20)23/h6-9,11-14,18,23-24H,5,10,15-17H2,1-4H3,(H,29,34)(H,30,31)(H,32,33). The molecule has 0 spiro atoms. The summed E-state index contributed by atoms with van der Waals surface area (Å²) >= 11 is 0. The molecular weight excluding hydrogens is 444 g/mol. The van der Waals surface area contributed by atoms with Crippen LogP contribution in [0.1, 0.15) is 70.4 Å². The Balaban J connectivity index is 1.58. The molecule has 188 valence electrons. The number of alkyl carbamates (subject to hydrolysis) is 1. The smallest absolute Gasteiger partial charge is 0.407 e. The second-order valence-electron chi connectivity index (χ2n) is 10.4. The maximum Gasteiger partial charge on any atom is 0.407 e. The molecule has 2 unspecified atom stereocenters. The van der Waals surface area contributed by atoms with Gasteiger partial charge in [-0.3, -0.25) is 4.79 Å². The van der Waals surface area contributed by atoms with Gasteiger partial charge >= 0.3 is 12.1 Å². The Hall–Kier alpha value is -3.35. The molecule has 2 amide bonds. The van der Waals surface area contributed by atoms with Crippen LogP contribution in [-0.4, -0.2) is 41.8 Å². The first-order valence-electron chi connectivity index (χ1n) is 12.2. The number of carbonyl (C=O) groups excluding carboxylic acids is 2. The van der Waals surface area contributed by atoms with E-state index in [-0.39, 0.29) is 24.4 Å². The van der Waals surface area contributed by atoms with Crippen LogP contribution in [0.25, 0.3) is 11.1 Å². The molecule has 0 saturated heterocycles. The van der Waals surface area contributed by atoms with Crippen molar-refractivity contribution in [1.82, 2.24) is 10.6 Å². The fraction of sp³-hybridized carbons (Fsp3) is 0.464. The topological polar surface area (TPSA) is 105 Å². The summed E-state index contributed by atoms with van der Waals surface area (Å²) in [5.41, 5.74) is 4.31. The molecule has 1 aliphatic rings. The summed E-state index contributed by atoms with van der Waals surface area (Å²) < 4.78 is 5.61. The first kappa shape index (κ1) is 26.3. The van der Waals surface area contributed by atoms with Crippen LogP contribution in [0.5, 0.6) is 0 Å². The lowest BCUT2D eigenvalue weighted by Crippen LogP contribution is -2.46. The lowest BCUT2D eigenvalue weighted by Gasteiger charge is -2.25. The summed E-state index contributed by atoms with van der Waals surface area (Å²) in [4.78, 5) is 36.8. The highest BCUT2D eigenvalue weighted by atomic mass is 16.5. The van der Waals surface area contributed by atoms with Gasteiger partial charge in [0, 0.05) is 18.4 Å². The molecule has 0 aliphatic heterocycles. The number of aliphatic carboxylic acids is 1. The number of benzene rings is 2. The van der Waals surface area contributed by atoms with Crippen molar-refractivity contribution in [1.29, 1.82) is 0 Å². The van der Waals surface area contributed by atoms with Crippen LogP contribution in [0.15, 0.2) is 48.5 Å². The van der Waals surface area contributed by atoms with Crippen LogP contribution in [0.4, 0.5) is 4.79 Å². The third kappa shape index (κ3) is 7.07. The second-order valence-corrected chi connectivity index (χ2v) is 10.4. The van der Waals surface area contributed by atoms with Gasteiger partial charge < -0.3 is 20.5 Å². The molecule has 3 N–H and O–H groups in total. The number of ether oxygens (including phenoxy) is 1. The van der Waals surface area contributed by atoms with Crippen molar-refractivity contribution in [3.8, 4) is 11.1 Å². The molecule has 2 aromatic rings. The fourth-order valence-corrected chi connectivity index (χ4v) is 4.67. The van der Waals surface area contributed by atoms with E-state index in [1.165, 1.54) is 0 Å². The number of carbonyl (C=O) groups is 3. The second kappa shape index (κ2) is 11.4.